The van der Waals surface area contributed by atoms with Crippen molar-refractivity contribution in [2.45, 2.75) is 6.61 Å². The van der Waals surface area contributed by atoms with Crippen LogP contribution < -0.4 is 0 Å². The second-order valence-corrected chi connectivity index (χ2v) is 4.89. The molecule has 6 heteroatoms. The topological polar surface area (TPSA) is 34.5 Å². The molecule has 3 nitrogen and oxygen atoms in total. The van der Waals surface area contributed by atoms with E-state index in [9.17, 15) is 0 Å². The van der Waals surface area contributed by atoms with Crippen LogP contribution in [-0.4, -0.2) is 11.2 Å². The Morgan fingerprint density at radius 1 is 1.35 bits per heavy atom. The fourth-order valence-electron chi connectivity index (χ4n) is 1.12. The Kier molecular flexibility index (Phi) is 4.36. The maximum atomic E-state index is 5.88. The molecule has 1 aromatic heterocycles. The summed E-state index contributed by atoms with van der Waals surface area (Å²) in [4.78, 5) is 10.00. The van der Waals surface area contributed by atoms with Gasteiger partial charge in [0.15, 0.2) is 0 Å². The Morgan fingerprint density at radius 2 is 2.24 bits per heavy atom. The van der Waals surface area contributed by atoms with Gasteiger partial charge in [0.25, 0.3) is 0 Å². The van der Waals surface area contributed by atoms with Crippen LogP contribution in [0.4, 0.5) is 0 Å². The van der Waals surface area contributed by atoms with Gasteiger partial charge in [-0.15, -0.1) is 11.3 Å². The van der Waals surface area contributed by atoms with Gasteiger partial charge in [0.05, 0.1) is 26.6 Å². The Bertz CT molecular complexity index is 514. The number of oxime groups is 1. The van der Waals surface area contributed by atoms with Gasteiger partial charge < -0.3 is 4.84 Å². The van der Waals surface area contributed by atoms with Gasteiger partial charge >= 0.3 is 0 Å². The van der Waals surface area contributed by atoms with Crippen molar-refractivity contribution in [2.75, 3.05) is 0 Å². The lowest BCUT2D eigenvalue weighted by molar-refractivity contribution is 0.132. The summed E-state index contributed by atoms with van der Waals surface area (Å²) in [5.41, 5.74) is 2.65. The molecule has 0 aliphatic rings. The van der Waals surface area contributed by atoms with Gasteiger partial charge in [0.2, 0.25) is 0 Å². The van der Waals surface area contributed by atoms with E-state index in [1.54, 1.807) is 30.1 Å². The van der Waals surface area contributed by atoms with Gasteiger partial charge in [-0.3, -0.25) is 4.98 Å². The lowest BCUT2D eigenvalue weighted by Crippen LogP contribution is -1.87. The van der Waals surface area contributed by atoms with Crippen LogP contribution in [0.2, 0.25) is 10.0 Å². The number of thiazole rings is 1. The monoisotopic (exact) mass is 286 g/mol. The Balaban J connectivity index is 1.88. The second-order valence-electron chi connectivity index (χ2n) is 3.16. The van der Waals surface area contributed by atoms with Crippen molar-refractivity contribution in [1.82, 2.24) is 4.98 Å². The highest BCUT2D eigenvalue weighted by atomic mass is 35.5. The molecule has 0 saturated carbocycles. The first-order chi connectivity index (χ1) is 8.25. The fraction of sp³-hybridized carbons (Fsp3) is 0.0909. The molecule has 2 aromatic rings. The zero-order valence-electron chi connectivity index (χ0n) is 8.64. The van der Waals surface area contributed by atoms with Gasteiger partial charge in [0, 0.05) is 6.20 Å². The zero-order valence-corrected chi connectivity index (χ0v) is 11.0. The summed E-state index contributed by atoms with van der Waals surface area (Å²) in [7, 11) is 0. The number of benzene rings is 1. The predicted octanol–water partition coefficient (Wildman–Crippen LogP) is 4.00. The molecule has 17 heavy (non-hydrogen) atoms. The standard InChI is InChI=1S/C11H8Cl2N2OS/c12-10-2-1-8(3-11(10)13)6-16-15-5-9-4-14-7-17-9/h1-5,7H,6H2. The van der Waals surface area contributed by atoms with Crippen molar-refractivity contribution in [3.63, 3.8) is 0 Å². The van der Waals surface area contributed by atoms with Crippen LogP contribution in [0.15, 0.2) is 35.1 Å². The molecular formula is C11H8Cl2N2OS. The largest absolute Gasteiger partial charge is 0.391 e. The van der Waals surface area contributed by atoms with E-state index in [1.807, 2.05) is 6.07 Å². The van der Waals surface area contributed by atoms with Gasteiger partial charge in [-0.25, -0.2) is 0 Å². The molecule has 1 heterocycles. The summed E-state index contributed by atoms with van der Waals surface area (Å²) in [5, 5.41) is 4.87. The van der Waals surface area contributed by atoms with Gasteiger partial charge in [-0.2, -0.15) is 0 Å². The fourth-order valence-corrected chi connectivity index (χ4v) is 1.91. The Hall–Kier alpha value is -1.10. The van der Waals surface area contributed by atoms with Crippen LogP contribution in [0.1, 0.15) is 10.4 Å². The van der Waals surface area contributed by atoms with Crippen LogP contribution in [0, 0.1) is 0 Å². The maximum absolute atomic E-state index is 5.88. The molecule has 0 bridgehead atoms. The summed E-state index contributed by atoms with van der Waals surface area (Å²) in [5.74, 6) is 0. The average molecular weight is 287 g/mol. The first-order valence-electron chi connectivity index (χ1n) is 4.73. The van der Waals surface area contributed by atoms with Crippen LogP contribution in [0.3, 0.4) is 0 Å². The third kappa shape index (κ3) is 3.70. The first kappa shape index (κ1) is 12.4. The van der Waals surface area contributed by atoms with Crippen molar-refractivity contribution < 1.29 is 4.84 Å². The van der Waals surface area contributed by atoms with E-state index < -0.39 is 0 Å². The zero-order chi connectivity index (χ0) is 12.1. The van der Waals surface area contributed by atoms with Gasteiger partial charge in [-0.05, 0) is 17.7 Å². The van der Waals surface area contributed by atoms with Crippen LogP contribution in [-0.2, 0) is 11.4 Å². The van der Waals surface area contributed by atoms with Crippen molar-refractivity contribution in [2.24, 2.45) is 5.16 Å². The van der Waals surface area contributed by atoms with Gasteiger partial charge in [-0.1, -0.05) is 34.4 Å². The molecule has 0 aliphatic heterocycles. The normalized spacial score (nSPS) is 10.9. The highest BCUT2D eigenvalue weighted by molar-refractivity contribution is 7.11. The third-order valence-corrected chi connectivity index (χ3v) is 3.37. The average Bonchev–Trinajstić information content (AvgIpc) is 2.82. The van der Waals surface area contributed by atoms with E-state index >= 15 is 0 Å². The lowest BCUT2D eigenvalue weighted by Gasteiger charge is -2.01. The minimum Gasteiger partial charge on any atom is -0.391 e. The van der Waals surface area contributed by atoms with Crippen LogP contribution in [0.25, 0.3) is 0 Å². The molecule has 0 radical (unpaired) electrons. The number of rotatable bonds is 4. The summed E-state index contributed by atoms with van der Waals surface area (Å²) in [6, 6.07) is 5.33. The van der Waals surface area contributed by atoms with E-state index in [-0.39, 0.29) is 0 Å². The molecule has 88 valence electrons. The van der Waals surface area contributed by atoms with Gasteiger partial charge in [0.1, 0.15) is 6.61 Å². The van der Waals surface area contributed by atoms with Crippen LogP contribution in [0.5, 0.6) is 0 Å². The van der Waals surface area contributed by atoms with Crippen molar-refractivity contribution in [3.05, 3.63) is 50.4 Å². The smallest absolute Gasteiger partial charge is 0.142 e. The molecule has 0 N–H and O–H groups in total. The lowest BCUT2D eigenvalue weighted by atomic mass is 10.2. The highest BCUT2D eigenvalue weighted by Gasteiger charge is 1.99. The van der Waals surface area contributed by atoms with Crippen molar-refractivity contribution >= 4 is 40.8 Å². The minimum absolute atomic E-state index is 0.353. The van der Waals surface area contributed by atoms with E-state index in [4.69, 9.17) is 28.0 Å². The maximum Gasteiger partial charge on any atom is 0.142 e. The summed E-state index contributed by atoms with van der Waals surface area (Å²) in [6.07, 6.45) is 3.34. The highest BCUT2D eigenvalue weighted by Crippen LogP contribution is 2.22. The van der Waals surface area contributed by atoms with Crippen molar-refractivity contribution in [1.29, 1.82) is 0 Å². The molecule has 0 fully saturated rings. The number of halogens is 2. The van der Waals surface area contributed by atoms with Crippen LogP contribution >= 0.6 is 34.5 Å². The number of nitrogens with zero attached hydrogens (tertiary/aromatic N) is 2. The predicted molar refractivity (Wildman–Crippen MR) is 71.0 cm³/mol. The number of hydrogen-bond donors (Lipinski definition) is 0. The quantitative estimate of drug-likeness (QED) is 0.629. The summed E-state index contributed by atoms with van der Waals surface area (Å²) >= 11 is 13.2. The van der Waals surface area contributed by atoms with Crippen molar-refractivity contribution in [3.8, 4) is 0 Å². The number of hydrogen-bond acceptors (Lipinski definition) is 4. The molecule has 0 amide bonds. The van der Waals surface area contributed by atoms with E-state index in [1.165, 1.54) is 11.3 Å². The Morgan fingerprint density at radius 3 is 2.94 bits per heavy atom. The first-order valence-corrected chi connectivity index (χ1v) is 6.37. The molecule has 1 aromatic carbocycles. The molecule has 0 aliphatic carbocycles. The molecule has 0 unspecified atom stereocenters. The van der Waals surface area contributed by atoms with E-state index in [2.05, 4.69) is 10.1 Å². The van der Waals surface area contributed by atoms with E-state index in [0.717, 1.165) is 10.4 Å². The molecule has 0 atom stereocenters. The second kappa shape index (κ2) is 6.00. The minimum atomic E-state index is 0.353. The molecular weight excluding hydrogens is 279 g/mol. The summed E-state index contributed by atoms with van der Waals surface area (Å²) in [6.45, 7) is 0.353. The summed E-state index contributed by atoms with van der Waals surface area (Å²) < 4.78 is 0. The SMILES string of the molecule is Clc1ccc(CON=Cc2cncs2)cc1Cl. The molecule has 0 saturated heterocycles. The Labute approximate surface area is 113 Å². The number of aromatic nitrogens is 1. The molecule has 0 spiro atoms. The molecule has 2 rings (SSSR count). The van der Waals surface area contributed by atoms with E-state index in [0.29, 0.717) is 16.7 Å². The third-order valence-electron chi connectivity index (χ3n) is 1.92.